The number of carbonyl (C=O) groups is 1. The van der Waals surface area contributed by atoms with E-state index in [4.69, 9.17) is 18.6 Å². The van der Waals surface area contributed by atoms with Crippen LogP contribution in [0.15, 0.2) is 16.5 Å². The molecule has 0 bridgehead atoms. The molecule has 1 spiro atoms. The predicted molar refractivity (Wildman–Crippen MR) is 85.1 cm³/mol. The van der Waals surface area contributed by atoms with Gasteiger partial charge in [-0.2, -0.15) is 0 Å². The lowest BCUT2D eigenvalue weighted by atomic mass is 9.99. The van der Waals surface area contributed by atoms with Gasteiger partial charge in [0.2, 0.25) is 5.91 Å². The third-order valence-electron chi connectivity index (χ3n) is 5.46. The highest BCUT2D eigenvalue weighted by molar-refractivity contribution is 5.81. The second-order valence-electron chi connectivity index (χ2n) is 6.88. The topological polar surface area (TPSA) is 61.1 Å². The van der Waals surface area contributed by atoms with E-state index in [9.17, 15) is 4.79 Å². The Morgan fingerprint density at radius 3 is 2.92 bits per heavy atom. The molecule has 132 valence electrons. The first-order valence-electron chi connectivity index (χ1n) is 8.89. The fourth-order valence-corrected chi connectivity index (χ4v) is 4.39. The van der Waals surface area contributed by atoms with Gasteiger partial charge in [-0.1, -0.05) is 0 Å². The number of likely N-dealkylation sites (tertiary alicyclic amines) is 1. The second-order valence-corrected chi connectivity index (χ2v) is 6.88. The maximum Gasteiger partial charge on any atom is 0.231 e. The third-order valence-corrected chi connectivity index (χ3v) is 5.46. The Bertz CT molecular complexity index is 586. The summed E-state index contributed by atoms with van der Waals surface area (Å²) < 4.78 is 22.7. The van der Waals surface area contributed by atoms with Gasteiger partial charge in [0, 0.05) is 20.1 Å². The SMILES string of the molecule is COCc1ccc(C2CCCN2C(=O)C2CCCC23OCCO3)o1. The first-order valence-corrected chi connectivity index (χ1v) is 8.89. The molecule has 1 aliphatic carbocycles. The van der Waals surface area contributed by atoms with Gasteiger partial charge in [0.25, 0.3) is 0 Å². The molecule has 6 heteroatoms. The van der Waals surface area contributed by atoms with Gasteiger partial charge in [0.1, 0.15) is 18.1 Å². The molecule has 3 heterocycles. The number of ether oxygens (including phenoxy) is 3. The number of furan rings is 1. The van der Waals surface area contributed by atoms with E-state index in [1.807, 2.05) is 17.0 Å². The molecule has 4 rings (SSSR count). The van der Waals surface area contributed by atoms with Crippen LogP contribution in [0.5, 0.6) is 0 Å². The van der Waals surface area contributed by atoms with Gasteiger partial charge < -0.3 is 23.5 Å². The van der Waals surface area contributed by atoms with Crippen LogP contribution in [0.25, 0.3) is 0 Å². The van der Waals surface area contributed by atoms with Crippen molar-refractivity contribution in [3.05, 3.63) is 23.7 Å². The van der Waals surface area contributed by atoms with Crippen molar-refractivity contribution >= 4 is 5.91 Å². The van der Waals surface area contributed by atoms with Gasteiger partial charge in [0.15, 0.2) is 5.79 Å². The number of carbonyl (C=O) groups excluding carboxylic acids is 1. The quantitative estimate of drug-likeness (QED) is 0.846. The van der Waals surface area contributed by atoms with E-state index in [-0.39, 0.29) is 17.9 Å². The Kier molecular flexibility index (Phi) is 4.37. The minimum Gasteiger partial charge on any atom is -0.461 e. The molecule has 3 fully saturated rings. The highest BCUT2D eigenvalue weighted by atomic mass is 16.7. The molecule has 2 atom stereocenters. The number of hydrogen-bond acceptors (Lipinski definition) is 5. The average molecular weight is 335 g/mol. The van der Waals surface area contributed by atoms with Crippen LogP contribution in [0.1, 0.15) is 49.7 Å². The highest BCUT2D eigenvalue weighted by Gasteiger charge is 2.53. The molecule has 0 aromatic carbocycles. The Morgan fingerprint density at radius 2 is 2.12 bits per heavy atom. The van der Waals surface area contributed by atoms with Crippen LogP contribution in [-0.2, 0) is 25.6 Å². The van der Waals surface area contributed by atoms with Crippen molar-refractivity contribution in [2.75, 3.05) is 26.9 Å². The van der Waals surface area contributed by atoms with E-state index in [2.05, 4.69) is 0 Å². The smallest absolute Gasteiger partial charge is 0.231 e. The Labute approximate surface area is 142 Å². The normalized spacial score (nSPS) is 29.0. The van der Waals surface area contributed by atoms with Crippen LogP contribution >= 0.6 is 0 Å². The average Bonchev–Trinajstić information content (AvgIpc) is 3.35. The summed E-state index contributed by atoms with van der Waals surface area (Å²) in [5.74, 6) is 0.949. The van der Waals surface area contributed by atoms with E-state index in [1.165, 1.54) is 0 Å². The minimum atomic E-state index is -0.672. The number of rotatable bonds is 4. The van der Waals surface area contributed by atoms with Crippen LogP contribution in [0, 0.1) is 5.92 Å². The van der Waals surface area contributed by atoms with Gasteiger partial charge >= 0.3 is 0 Å². The van der Waals surface area contributed by atoms with Gasteiger partial charge in [-0.15, -0.1) is 0 Å². The van der Waals surface area contributed by atoms with Crippen molar-refractivity contribution in [2.45, 2.75) is 50.5 Å². The van der Waals surface area contributed by atoms with Gasteiger partial charge in [-0.25, -0.2) is 0 Å². The largest absolute Gasteiger partial charge is 0.461 e. The van der Waals surface area contributed by atoms with Crippen LogP contribution < -0.4 is 0 Å². The molecule has 1 saturated carbocycles. The Morgan fingerprint density at radius 1 is 1.29 bits per heavy atom. The number of amides is 1. The monoisotopic (exact) mass is 335 g/mol. The van der Waals surface area contributed by atoms with Crippen LogP contribution in [0.3, 0.4) is 0 Å². The minimum absolute atomic E-state index is 0.0159. The van der Waals surface area contributed by atoms with E-state index in [0.717, 1.165) is 50.2 Å². The lowest BCUT2D eigenvalue weighted by molar-refractivity contribution is -0.192. The van der Waals surface area contributed by atoms with Crippen molar-refractivity contribution in [3.63, 3.8) is 0 Å². The van der Waals surface area contributed by atoms with Gasteiger partial charge in [0.05, 0.1) is 25.2 Å². The molecule has 2 aliphatic heterocycles. The summed E-state index contributed by atoms with van der Waals surface area (Å²) in [5, 5.41) is 0. The van der Waals surface area contributed by atoms with Crippen LogP contribution in [0.4, 0.5) is 0 Å². The third kappa shape index (κ3) is 2.66. The molecule has 1 amide bonds. The summed E-state index contributed by atoms with van der Waals surface area (Å²) in [6.07, 6.45) is 4.58. The fraction of sp³-hybridized carbons (Fsp3) is 0.722. The summed E-state index contributed by atoms with van der Waals surface area (Å²) in [5.41, 5.74) is 0. The first-order chi connectivity index (χ1) is 11.7. The summed E-state index contributed by atoms with van der Waals surface area (Å²) in [4.78, 5) is 15.2. The lowest BCUT2D eigenvalue weighted by Gasteiger charge is -2.33. The Hall–Kier alpha value is -1.37. The predicted octanol–water partition coefficient (Wildman–Crippen LogP) is 2.63. The van der Waals surface area contributed by atoms with Crippen molar-refractivity contribution in [1.82, 2.24) is 4.90 Å². The van der Waals surface area contributed by atoms with Gasteiger partial charge in [-0.05, 0) is 37.8 Å². The highest BCUT2D eigenvalue weighted by Crippen LogP contribution is 2.45. The molecule has 1 aromatic heterocycles. The molecule has 24 heavy (non-hydrogen) atoms. The van der Waals surface area contributed by atoms with Crippen molar-refractivity contribution in [3.8, 4) is 0 Å². The molecular formula is C18H25NO5. The summed E-state index contributed by atoms with van der Waals surface area (Å²) in [7, 11) is 1.65. The Balaban J connectivity index is 1.52. The van der Waals surface area contributed by atoms with Crippen molar-refractivity contribution in [2.24, 2.45) is 5.92 Å². The standard InChI is InChI=1S/C18H25NO5/c1-21-12-13-6-7-16(24-13)15-5-3-9-19(15)17(20)14-4-2-8-18(14)22-10-11-23-18/h6-7,14-15H,2-5,8-12H2,1H3. The van der Waals surface area contributed by atoms with Crippen LogP contribution in [0.2, 0.25) is 0 Å². The summed E-state index contributed by atoms with van der Waals surface area (Å²) >= 11 is 0. The molecule has 3 aliphatic rings. The zero-order chi connectivity index (χ0) is 16.6. The number of nitrogens with zero attached hydrogens (tertiary/aromatic N) is 1. The molecule has 0 N–H and O–H groups in total. The lowest BCUT2D eigenvalue weighted by Crippen LogP contribution is -2.46. The second kappa shape index (κ2) is 6.50. The summed E-state index contributed by atoms with van der Waals surface area (Å²) in [6.45, 7) is 2.40. The van der Waals surface area contributed by atoms with Crippen LogP contribution in [-0.4, -0.2) is 43.5 Å². The zero-order valence-electron chi connectivity index (χ0n) is 14.2. The maximum atomic E-state index is 13.2. The molecule has 0 radical (unpaired) electrons. The maximum absolute atomic E-state index is 13.2. The van der Waals surface area contributed by atoms with Gasteiger partial charge in [-0.3, -0.25) is 4.79 Å². The zero-order valence-corrected chi connectivity index (χ0v) is 14.2. The molecule has 6 nitrogen and oxygen atoms in total. The number of methoxy groups -OCH3 is 1. The van der Waals surface area contributed by atoms with Crippen molar-refractivity contribution < 1.29 is 23.4 Å². The molecular weight excluding hydrogens is 310 g/mol. The fourth-order valence-electron chi connectivity index (χ4n) is 4.39. The van der Waals surface area contributed by atoms with E-state index < -0.39 is 5.79 Å². The van der Waals surface area contributed by atoms with E-state index in [0.29, 0.717) is 19.8 Å². The first kappa shape index (κ1) is 16.1. The molecule has 2 saturated heterocycles. The number of hydrogen-bond donors (Lipinski definition) is 0. The summed E-state index contributed by atoms with van der Waals surface area (Å²) in [6, 6.07) is 3.92. The molecule has 1 aromatic rings. The van der Waals surface area contributed by atoms with E-state index >= 15 is 0 Å². The molecule has 2 unspecified atom stereocenters. The van der Waals surface area contributed by atoms with Crippen molar-refractivity contribution in [1.29, 1.82) is 0 Å². The van der Waals surface area contributed by atoms with E-state index in [1.54, 1.807) is 7.11 Å².